The van der Waals surface area contributed by atoms with Crippen molar-refractivity contribution in [1.29, 1.82) is 0 Å². The van der Waals surface area contributed by atoms with Crippen LogP contribution in [-0.2, 0) is 16.8 Å². The van der Waals surface area contributed by atoms with E-state index in [0.29, 0.717) is 13.2 Å². The summed E-state index contributed by atoms with van der Waals surface area (Å²) in [5, 5.41) is 13.7. The Kier molecular flexibility index (Phi) is 4.22. The van der Waals surface area contributed by atoms with Crippen molar-refractivity contribution in [3.63, 3.8) is 0 Å². The van der Waals surface area contributed by atoms with Crippen LogP contribution in [0.1, 0.15) is 18.1 Å². The molecule has 1 aromatic carbocycles. The largest absolute Gasteiger partial charge is 0.493 e. The summed E-state index contributed by atoms with van der Waals surface area (Å²) in [5.74, 6) is 0.946. The highest BCUT2D eigenvalue weighted by atomic mass is 16.5. The first-order valence-electron chi connectivity index (χ1n) is 6.32. The van der Waals surface area contributed by atoms with E-state index >= 15 is 0 Å². The van der Waals surface area contributed by atoms with Crippen LogP contribution >= 0.6 is 0 Å². The van der Waals surface area contributed by atoms with Crippen molar-refractivity contribution in [2.45, 2.75) is 18.9 Å². The molecule has 1 heterocycles. The smallest absolute Gasteiger partial charge is 0.122 e. The summed E-state index contributed by atoms with van der Waals surface area (Å²) in [6.45, 7) is 4.46. The highest BCUT2D eigenvalue weighted by Crippen LogP contribution is 2.30. The highest BCUT2D eigenvalue weighted by molar-refractivity contribution is 5.41. The lowest BCUT2D eigenvalue weighted by Crippen LogP contribution is -2.36. The Morgan fingerprint density at radius 2 is 2.33 bits per heavy atom. The zero-order chi connectivity index (χ0) is 13.0. The summed E-state index contributed by atoms with van der Waals surface area (Å²) < 4.78 is 10.4. The summed E-state index contributed by atoms with van der Waals surface area (Å²) in [5.41, 5.74) is 1.24. The van der Waals surface area contributed by atoms with Crippen molar-refractivity contribution in [1.82, 2.24) is 5.32 Å². The lowest BCUT2D eigenvalue weighted by Gasteiger charge is -2.25. The zero-order valence-corrected chi connectivity index (χ0v) is 11.0. The van der Waals surface area contributed by atoms with Gasteiger partial charge in [0, 0.05) is 26.6 Å². The molecule has 0 spiro atoms. The predicted octanol–water partition coefficient (Wildman–Crippen LogP) is 1.06. The summed E-state index contributed by atoms with van der Waals surface area (Å²) in [7, 11) is 1.67. The second-order valence-corrected chi connectivity index (χ2v) is 4.86. The zero-order valence-electron chi connectivity index (χ0n) is 11.0. The van der Waals surface area contributed by atoms with Crippen LogP contribution in [0.3, 0.4) is 0 Å². The Bertz CT molecular complexity index is 404. The number of ether oxygens (including phenoxy) is 2. The van der Waals surface area contributed by atoms with Gasteiger partial charge in [-0.05, 0) is 30.2 Å². The van der Waals surface area contributed by atoms with Gasteiger partial charge in [-0.3, -0.25) is 0 Å². The van der Waals surface area contributed by atoms with Crippen LogP contribution in [0.4, 0.5) is 0 Å². The van der Waals surface area contributed by atoms with Gasteiger partial charge in [-0.15, -0.1) is 0 Å². The first-order chi connectivity index (χ1) is 8.63. The number of aliphatic hydroxyl groups is 1. The molecule has 0 saturated heterocycles. The number of hydrogen-bond donors (Lipinski definition) is 2. The Morgan fingerprint density at radius 3 is 3.11 bits per heavy atom. The fraction of sp³-hybridized carbons (Fsp3) is 0.571. The molecule has 1 unspecified atom stereocenters. The van der Waals surface area contributed by atoms with Gasteiger partial charge in [-0.1, -0.05) is 6.07 Å². The van der Waals surface area contributed by atoms with Crippen LogP contribution < -0.4 is 10.1 Å². The van der Waals surface area contributed by atoms with Crippen molar-refractivity contribution in [3.05, 3.63) is 29.3 Å². The average molecular weight is 251 g/mol. The number of benzene rings is 1. The number of hydrogen-bond acceptors (Lipinski definition) is 4. The normalized spacial score (nSPS) is 17.1. The lowest BCUT2D eigenvalue weighted by molar-refractivity contribution is 0.0549. The molecule has 4 heteroatoms. The molecule has 0 radical (unpaired) electrons. The van der Waals surface area contributed by atoms with E-state index in [1.807, 2.05) is 25.1 Å². The minimum atomic E-state index is -0.870. The van der Waals surface area contributed by atoms with Gasteiger partial charge in [0.1, 0.15) is 5.75 Å². The predicted molar refractivity (Wildman–Crippen MR) is 70.0 cm³/mol. The molecule has 4 nitrogen and oxygen atoms in total. The fourth-order valence-electron chi connectivity index (χ4n) is 2.13. The van der Waals surface area contributed by atoms with Crippen molar-refractivity contribution in [2.75, 3.05) is 33.4 Å². The van der Waals surface area contributed by atoms with Gasteiger partial charge in [-0.2, -0.15) is 0 Å². The minimum Gasteiger partial charge on any atom is -0.493 e. The molecule has 0 amide bonds. The lowest BCUT2D eigenvalue weighted by atomic mass is 9.93. The highest BCUT2D eigenvalue weighted by Gasteiger charge is 2.24. The fourth-order valence-corrected chi connectivity index (χ4v) is 2.13. The Hall–Kier alpha value is -1.10. The van der Waals surface area contributed by atoms with Gasteiger partial charge in [-0.25, -0.2) is 0 Å². The Labute approximate surface area is 108 Å². The topological polar surface area (TPSA) is 50.7 Å². The molecule has 0 bridgehead atoms. The van der Waals surface area contributed by atoms with Gasteiger partial charge in [0.2, 0.25) is 0 Å². The standard InChI is InChI=1S/C14H21NO3/c1-14(16,10-15-6-8-17-2)12-3-4-13-11(9-12)5-7-18-13/h3-4,9,15-16H,5-8,10H2,1-2H3. The van der Waals surface area contributed by atoms with Gasteiger partial charge >= 0.3 is 0 Å². The summed E-state index contributed by atoms with van der Waals surface area (Å²) in [4.78, 5) is 0. The first kappa shape index (κ1) is 13.3. The van der Waals surface area contributed by atoms with Gasteiger partial charge in [0.05, 0.1) is 18.8 Å². The molecular weight excluding hydrogens is 230 g/mol. The van der Waals surface area contributed by atoms with Gasteiger partial charge < -0.3 is 19.9 Å². The molecule has 1 aliphatic rings. The molecule has 18 heavy (non-hydrogen) atoms. The van der Waals surface area contributed by atoms with Crippen molar-refractivity contribution in [2.24, 2.45) is 0 Å². The van der Waals surface area contributed by atoms with Crippen LogP contribution in [0.15, 0.2) is 18.2 Å². The molecule has 0 aromatic heterocycles. The number of rotatable bonds is 6. The van der Waals surface area contributed by atoms with E-state index in [9.17, 15) is 5.11 Å². The van der Waals surface area contributed by atoms with Crippen LogP contribution in [0.2, 0.25) is 0 Å². The number of methoxy groups -OCH3 is 1. The summed E-state index contributed by atoms with van der Waals surface area (Å²) >= 11 is 0. The van der Waals surface area contributed by atoms with Crippen molar-refractivity contribution >= 4 is 0 Å². The van der Waals surface area contributed by atoms with Gasteiger partial charge in [0.25, 0.3) is 0 Å². The minimum absolute atomic E-state index is 0.510. The van der Waals surface area contributed by atoms with Crippen molar-refractivity contribution in [3.8, 4) is 5.75 Å². The van der Waals surface area contributed by atoms with Crippen molar-refractivity contribution < 1.29 is 14.6 Å². The maximum absolute atomic E-state index is 10.5. The van der Waals surface area contributed by atoms with Crippen LogP contribution in [0.25, 0.3) is 0 Å². The molecule has 2 rings (SSSR count). The van der Waals surface area contributed by atoms with Crippen LogP contribution in [-0.4, -0.2) is 38.5 Å². The molecule has 0 aliphatic carbocycles. The van der Waals surface area contributed by atoms with E-state index < -0.39 is 5.60 Å². The number of fused-ring (bicyclic) bond motifs is 1. The maximum Gasteiger partial charge on any atom is 0.122 e. The first-order valence-corrected chi connectivity index (χ1v) is 6.32. The molecule has 1 atom stereocenters. The second-order valence-electron chi connectivity index (χ2n) is 4.86. The van der Waals surface area contributed by atoms with E-state index in [2.05, 4.69) is 5.32 Å². The SMILES string of the molecule is COCCNCC(C)(O)c1ccc2c(c1)CCO2. The monoisotopic (exact) mass is 251 g/mol. The second kappa shape index (κ2) is 5.69. The molecule has 1 aromatic rings. The van der Waals surface area contributed by atoms with E-state index in [1.54, 1.807) is 7.11 Å². The van der Waals surface area contributed by atoms with Gasteiger partial charge in [0.15, 0.2) is 0 Å². The Balaban J connectivity index is 2.00. The average Bonchev–Trinajstić information content (AvgIpc) is 2.82. The molecule has 1 aliphatic heterocycles. The third kappa shape index (κ3) is 3.02. The van der Waals surface area contributed by atoms with E-state index in [-0.39, 0.29) is 0 Å². The van der Waals surface area contributed by atoms with E-state index in [0.717, 1.165) is 30.9 Å². The Morgan fingerprint density at radius 1 is 1.50 bits per heavy atom. The summed E-state index contributed by atoms with van der Waals surface area (Å²) in [6.07, 6.45) is 0.927. The molecule has 2 N–H and O–H groups in total. The third-order valence-corrected chi connectivity index (χ3v) is 3.26. The number of nitrogens with one attached hydrogen (secondary N) is 1. The molecule has 100 valence electrons. The maximum atomic E-state index is 10.5. The van der Waals surface area contributed by atoms with Crippen LogP contribution in [0, 0.1) is 0 Å². The quantitative estimate of drug-likeness (QED) is 0.742. The molecule has 0 fully saturated rings. The molecule has 0 saturated carbocycles. The molecular formula is C14H21NO3. The van der Waals surface area contributed by atoms with E-state index in [4.69, 9.17) is 9.47 Å². The third-order valence-electron chi connectivity index (χ3n) is 3.26. The van der Waals surface area contributed by atoms with Crippen LogP contribution in [0.5, 0.6) is 5.75 Å². The van der Waals surface area contributed by atoms with E-state index in [1.165, 1.54) is 5.56 Å². The summed E-state index contributed by atoms with van der Waals surface area (Å²) in [6, 6.07) is 5.92.